The average Bonchev–Trinajstić information content (AvgIpc) is 2.49. The maximum absolute atomic E-state index is 6.05. The molecule has 0 aliphatic carbocycles. The lowest BCUT2D eigenvalue weighted by atomic mass is 10.1. The molecule has 82 valence electrons. The zero-order valence-electron chi connectivity index (χ0n) is 9.28. The molecular formula is C12H17ClN2. The highest BCUT2D eigenvalue weighted by Crippen LogP contribution is 2.25. The first-order valence-electron chi connectivity index (χ1n) is 5.50. The number of hydrogen-bond donors (Lipinski definition) is 0. The number of halogens is 1. The van der Waals surface area contributed by atoms with Crippen LogP contribution in [0.15, 0.2) is 18.3 Å². The molecule has 2 nitrogen and oxygen atoms in total. The van der Waals surface area contributed by atoms with Crippen LogP contribution < -0.4 is 0 Å². The van der Waals surface area contributed by atoms with Crippen LogP contribution in [0.1, 0.15) is 25.8 Å². The molecule has 0 radical (unpaired) electrons. The first-order valence-corrected chi connectivity index (χ1v) is 5.88. The highest BCUT2D eigenvalue weighted by Gasteiger charge is 2.26. The highest BCUT2D eigenvalue weighted by atomic mass is 35.5. The largest absolute Gasteiger partial charge is 0.296 e. The summed E-state index contributed by atoms with van der Waals surface area (Å²) in [6.45, 7) is 6.69. The van der Waals surface area contributed by atoms with Gasteiger partial charge in [0, 0.05) is 30.9 Å². The van der Waals surface area contributed by atoms with Crippen molar-refractivity contribution in [3.8, 4) is 0 Å². The van der Waals surface area contributed by atoms with Crippen molar-refractivity contribution in [1.82, 2.24) is 9.88 Å². The molecule has 2 atom stereocenters. The summed E-state index contributed by atoms with van der Waals surface area (Å²) in [5.41, 5.74) is 1.14. The first kappa shape index (κ1) is 10.9. The predicted octanol–water partition coefficient (Wildman–Crippen LogP) is 2.97. The molecule has 0 saturated carbocycles. The summed E-state index contributed by atoms with van der Waals surface area (Å²) in [7, 11) is 0. The summed E-state index contributed by atoms with van der Waals surface area (Å²) in [4.78, 5) is 6.58. The van der Waals surface area contributed by atoms with Gasteiger partial charge in [-0.25, -0.2) is 4.98 Å². The van der Waals surface area contributed by atoms with Crippen LogP contribution in [-0.4, -0.2) is 22.5 Å². The van der Waals surface area contributed by atoms with Crippen LogP contribution in [0.2, 0.25) is 5.15 Å². The first-order chi connectivity index (χ1) is 7.16. The summed E-state index contributed by atoms with van der Waals surface area (Å²) >= 11 is 6.05. The molecule has 2 rings (SSSR count). The third-order valence-electron chi connectivity index (χ3n) is 3.12. The molecular weight excluding hydrogens is 208 g/mol. The van der Waals surface area contributed by atoms with E-state index >= 15 is 0 Å². The van der Waals surface area contributed by atoms with E-state index in [1.165, 1.54) is 13.0 Å². The van der Waals surface area contributed by atoms with E-state index < -0.39 is 0 Å². The van der Waals surface area contributed by atoms with E-state index in [4.69, 9.17) is 11.6 Å². The molecule has 0 aromatic carbocycles. The molecule has 1 aliphatic heterocycles. The van der Waals surface area contributed by atoms with Crippen molar-refractivity contribution in [3.63, 3.8) is 0 Å². The van der Waals surface area contributed by atoms with E-state index in [2.05, 4.69) is 29.8 Å². The quantitative estimate of drug-likeness (QED) is 0.719. The van der Waals surface area contributed by atoms with Crippen molar-refractivity contribution in [1.29, 1.82) is 0 Å². The van der Waals surface area contributed by atoms with Crippen LogP contribution >= 0.6 is 11.6 Å². The van der Waals surface area contributed by atoms with Crippen LogP contribution in [0.3, 0.4) is 0 Å². The van der Waals surface area contributed by atoms with E-state index in [9.17, 15) is 0 Å². The Morgan fingerprint density at radius 3 is 2.93 bits per heavy atom. The Morgan fingerprint density at radius 2 is 2.33 bits per heavy atom. The van der Waals surface area contributed by atoms with E-state index in [1.54, 1.807) is 6.20 Å². The summed E-state index contributed by atoms with van der Waals surface area (Å²) in [6, 6.07) is 4.67. The number of rotatable bonds is 2. The minimum Gasteiger partial charge on any atom is -0.296 e. The molecule has 15 heavy (non-hydrogen) atoms. The SMILES string of the molecule is CC1CC(C)N(Cc2cccnc2Cl)C1. The predicted molar refractivity (Wildman–Crippen MR) is 62.9 cm³/mol. The Morgan fingerprint density at radius 1 is 1.53 bits per heavy atom. The molecule has 0 bridgehead atoms. The Hall–Kier alpha value is -0.600. The Balaban J connectivity index is 2.06. The monoisotopic (exact) mass is 224 g/mol. The molecule has 1 aromatic rings. The lowest BCUT2D eigenvalue weighted by Gasteiger charge is -2.21. The summed E-state index contributed by atoms with van der Waals surface area (Å²) in [6.07, 6.45) is 3.03. The van der Waals surface area contributed by atoms with Gasteiger partial charge >= 0.3 is 0 Å². The maximum Gasteiger partial charge on any atom is 0.133 e. The fourth-order valence-corrected chi connectivity index (χ4v) is 2.54. The lowest BCUT2D eigenvalue weighted by Crippen LogP contribution is -2.26. The fraction of sp³-hybridized carbons (Fsp3) is 0.583. The van der Waals surface area contributed by atoms with E-state index in [-0.39, 0.29) is 0 Å². The molecule has 1 aromatic heterocycles. The number of aromatic nitrogens is 1. The van der Waals surface area contributed by atoms with Gasteiger partial charge in [0.2, 0.25) is 0 Å². The van der Waals surface area contributed by atoms with Gasteiger partial charge in [-0.15, -0.1) is 0 Å². The van der Waals surface area contributed by atoms with E-state index in [0.717, 1.165) is 18.0 Å². The maximum atomic E-state index is 6.05. The van der Waals surface area contributed by atoms with E-state index in [1.807, 2.05) is 6.07 Å². The highest BCUT2D eigenvalue weighted by molar-refractivity contribution is 6.30. The number of nitrogens with zero attached hydrogens (tertiary/aromatic N) is 2. The van der Waals surface area contributed by atoms with Gasteiger partial charge in [0.05, 0.1) is 0 Å². The van der Waals surface area contributed by atoms with Gasteiger partial charge in [0.1, 0.15) is 5.15 Å². The second kappa shape index (κ2) is 4.50. The van der Waals surface area contributed by atoms with Crippen LogP contribution in [-0.2, 0) is 6.54 Å². The molecule has 0 spiro atoms. The minimum atomic E-state index is 0.643. The normalized spacial score (nSPS) is 27.1. The van der Waals surface area contributed by atoms with Crippen LogP contribution in [0.25, 0.3) is 0 Å². The van der Waals surface area contributed by atoms with Crippen molar-refractivity contribution in [3.05, 3.63) is 29.0 Å². The third-order valence-corrected chi connectivity index (χ3v) is 3.46. The molecule has 1 aliphatic rings. The standard InChI is InChI=1S/C12H17ClN2/c1-9-6-10(2)15(7-9)8-11-4-3-5-14-12(11)13/h3-5,9-10H,6-8H2,1-2H3. The smallest absolute Gasteiger partial charge is 0.133 e. The lowest BCUT2D eigenvalue weighted by molar-refractivity contribution is 0.256. The summed E-state index contributed by atoms with van der Waals surface area (Å²) < 4.78 is 0. The molecule has 0 amide bonds. The molecule has 1 saturated heterocycles. The molecule has 1 fully saturated rings. The van der Waals surface area contributed by atoms with Gasteiger partial charge in [0.15, 0.2) is 0 Å². The van der Waals surface area contributed by atoms with Gasteiger partial charge in [-0.05, 0) is 25.3 Å². The van der Waals surface area contributed by atoms with Crippen molar-refractivity contribution in [2.75, 3.05) is 6.54 Å². The van der Waals surface area contributed by atoms with Gasteiger partial charge in [-0.3, -0.25) is 4.90 Å². The second-order valence-corrected chi connectivity index (χ2v) is 4.93. The zero-order chi connectivity index (χ0) is 10.8. The van der Waals surface area contributed by atoms with Crippen molar-refractivity contribution in [2.24, 2.45) is 5.92 Å². The number of pyridine rings is 1. The third kappa shape index (κ3) is 2.50. The van der Waals surface area contributed by atoms with E-state index in [0.29, 0.717) is 11.2 Å². The van der Waals surface area contributed by atoms with Crippen molar-refractivity contribution < 1.29 is 0 Å². The molecule has 0 N–H and O–H groups in total. The van der Waals surface area contributed by atoms with Crippen molar-refractivity contribution >= 4 is 11.6 Å². The van der Waals surface area contributed by atoms with Gasteiger partial charge in [-0.1, -0.05) is 24.6 Å². The van der Waals surface area contributed by atoms with Crippen LogP contribution in [0.4, 0.5) is 0 Å². The average molecular weight is 225 g/mol. The number of hydrogen-bond acceptors (Lipinski definition) is 2. The fourth-order valence-electron chi connectivity index (χ4n) is 2.36. The van der Waals surface area contributed by atoms with Gasteiger partial charge in [0.25, 0.3) is 0 Å². The number of likely N-dealkylation sites (tertiary alicyclic amines) is 1. The van der Waals surface area contributed by atoms with Gasteiger partial charge < -0.3 is 0 Å². The van der Waals surface area contributed by atoms with Crippen LogP contribution in [0, 0.1) is 5.92 Å². The molecule has 3 heteroatoms. The Labute approximate surface area is 96.3 Å². The molecule has 2 unspecified atom stereocenters. The zero-order valence-corrected chi connectivity index (χ0v) is 10.0. The topological polar surface area (TPSA) is 16.1 Å². The minimum absolute atomic E-state index is 0.643. The Kier molecular flexibility index (Phi) is 3.27. The Bertz CT molecular complexity index is 340. The second-order valence-electron chi connectivity index (χ2n) is 4.57. The van der Waals surface area contributed by atoms with Gasteiger partial charge in [-0.2, -0.15) is 0 Å². The van der Waals surface area contributed by atoms with Crippen LogP contribution in [0.5, 0.6) is 0 Å². The summed E-state index contributed by atoms with van der Waals surface area (Å²) in [5, 5.41) is 0.643. The summed E-state index contributed by atoms with van der Waals surface area (Å²) in [5.74, 6) is 0.801. The van der Waals surface area contributed by atoms with Crippen molar-refractivity contribution in [2.45, 2.75) is 32.9 Å². The molecule has 2 heterocycles.